The molecule has 0 saturated heterocycles. The van der Waals surface area contributed by atoms with Crippen molar-refractivity contribution in [3.05, 3.63) is 0 Å². The quantitative estimate of drug-likeness (QED) is 0.0160. The minimum atomic E-state index is -0.620. The lowest BCUT2D eigenvalue weighted by Gasteiger charge is -2.60. The maximum absolute atomic E-state index is 4.32. The predicted octanol–water partition coefficient (Wildman–Crippen LogP) is 11.1. The van der Waals surface area contributed by atoms with E-state index in [4.69, 9.17) is 0 Å². The van der Waals surface area contributed by atoms with Gasteiger partial charge in [0.25, 0.3) is 0 Å². The van der Waals surface area contributed by atoms with E-state index in [0.717, 1.165) is 58.4 Å². The standard InChI is InChI=1S/C42H94N8S/c1-11-18-24-27-29-32-38-46-50(51-47-39-33-28-25-19-12-2)49(45-37-31-26-20-13-3)42(48-40(8,9)10,44-36-30-21-14-4)41(17-7,34-22-15-5)43-35-23-16-6/h43-48H,11-39H2,1-10H3. The molecule has 51 heavy (non-hydrogen) atoms. The number of hydrazine groups is 3. The number of nitrogens with zero attached hydrogens (tertiary/aromatic N) is 2. The Hall–Kier alpha value is 0.0300. The van der Waals surface area contributed by atoms with Gasteiger partial charge in [0.05, 0.1) is 5.54 Å². The summed E-state index contributed by atoms with van der Waals surface area (Å²) in [5.74, 6) is -0.620. The fraction of sp³-hybridized carbons (Fsp3) is 1.00. The van der Waals surface area contributed by atoms with E-state index in [-0.39, 0.29) is 11.1 Å². The van der Waals surface area contributed by atoms with E-state index in [9.17, 15) is 0 Å². The Bertz CT molecular complexity index is 720. The van der Waals surface area contributed by atoms with Crippen molar-refractivity contribution in [2.24, 2.45) is 0 Å². The third kappa shape index (κ3) is 22.9. The van der Waals surface area contributed by atoms with E-state index < -0.39 is 5.79 Å². The SMILES string of the molecule is CCCCCCCCNN(SNCCCCCCC)N(NCCCCCC)C(NCCCCC)(NC(C)(C)C)C(CC)(CCCC)NCCCC. The van der Waals surface area contributed by atoms with Gasteiger partial charge in [-0.05, 0) is 78.8 Å². The molecule has 0 aromatic rings. The average molecular weight is 743 g/mol. The van der Waals surface area contributed by atoms with Crippen molar-refractivity contribution in [3.63, 3.8) is 0 Å². The van der Waals surface area contributed by atoms with Crippen molar-refractivity contribution in [3.8, 4) is 0 Å². The van der Waals surface area contributed by atoms with Crippen molar-refractivity contribution in [2.45, 2.75) is 240 Å². The van der Waals surface area contributed by atoms with Gasteiger partial charge in [-0.2, -0.15) is 0 Å². The Kier molecular flexibility index (Phi) is 33.4. The molecule has 0 rings (SSSR count). The Balaban J connectivity index is 7.17. The molecule has 0 bridgehead atoms. The van der Waals surface area contributed by atoms with E-state index in [1.54, 1.807) is 12.1 Å². The first-order chi connectivity index (χ1) is 24.7. The third-order valence-electron chi connectivity index (χ3n) is 10.1. The van der Waals surface area contributed by atoms with Crippen LogP contribution in [-0.2, 0) is 0 Å². The van der Waals surface area contributed by atoms with Gasteiger partial charge >= 0.3 is 0 Å². The van der Waals surface area contributed by atoms with Gasteiger partial charge < -0.3 is 5.32 Å². The molecule has 0 amide bonds. The van der Waals surface area contributed by atoms with E-state index in [2.05, 4.69) is 110 Å². The van der Waals surface area contributed by atoms with Crippen molar-refractivity contribution < 1.29 is 0 Å². The maximum Gasteiger partial charge on any atom is 0.174 e. The molecule has 9 heteroatoms. The summed E-state index contributed by atoms with van der Waals surface area (Å²) in [6.45, 7) is 28.2. The summed E-state index contributed by atoms with van der Waals surface area (Å²) in [6, 6.07) is 0. The van der Waals surface area contributed by atoms with E-state index >= 15 is 0 Å². The lowest BCUT2D eigenvalue weighted by atomic mass is 9.80. The molecule has 0 heterocycles. The first-order valence-electron chi connectivity index (χ1n) is 22.4. The first kappa shape index (κ1) is 51.0. The Morgan fingerprint density at radius 2 is 0.902 bits per heavy atom. The lowest BCUT2D eigenvalue weighted by Crippen LogP contribution is -2.88. The van der Waals surface area contributed by atoms with Gasteiger partial charge in [-0.1, -0.05) is 162 Å². The fourth-order valence-corrected chi connectivity index (χ4v) is 7.75. The number of nitrogens with one attached hydrogen (secondary N) is 6. The van der Waals surface area contributed by atoms with Crippen molar-refractivity contribution in [2.75, 3.05) is 32.7 Å². The van der Waals surface area contributed by atoms with Crippen LogP contribution in [0.3, 0.4) is 0 Å². The van der Waals surface area contributed by atoms with E-state index in [1.807, 2.05) is 0 Å². The number of hydrogen-bond donors (Lipinski definition) is 6. The summed E-state index contributed by atoms with van der Waals surface area (Å²) in [5, 5.41) is 15.4. The summed E-state index contributed by atoms with van der Waals surface area (Å²) in [4.78, 5) is 0. The Labute approximate surface area is 325 Å². The normalized spacial score (nSPS) is 14.8. The summed E-state index contributed by atoms with van der Waals surface area (Å²) in [6.07, 6.45) is 29.6. The molecule has 2 atom stereocenters. The van der Waals surface area contributed by atoms with Crippen LogP contribution in [0.15, 0.2) is 0 Å². The molecule has 8 nitrogen and oxygen atoms in total. The van der Waals surface area contributed by atoms with Crippen LogP contribution >= 0.6 is 12.1 Å². The monoisotopic (exact) mass is 743 g/mol. The minimum Gasteiger partial charge on any atom is -0.307 e. The molecule has 0 aliphatic rings. The highest BCUT2D eigenvalue weighted by atomic mass is 32.2. The second-order valence-corrected chi connectivity index (χ2v) is 17.0. The molecular weight excluding hydrogens is 649 g/mol. The maximum atomic E-state index is 4.32. The van der Waals surface area contributed by atoms with Crippen LogP contribution in [0.2, 0.25) is 0 Å². The first-order valence-corrected chi connectivity index (χ1v) is 23.2. The minimum absolute atomic E-state index is 0.151. The van der Waals surface area contributed by atoms with Gasteiger partial charge in [-0.25, -0.2) is 15.6 Å². The van der Waals surface area contributed by atoms with E-state index in [1.165, 1.54) is 128 Å². The Morgan fingerprint density at radius 1 is 0.451 bits per heavy atom. The number of hydrogen-bond acceptors (Lipinski definition) is 9. The highest BCUT2D eigenvalue weighted by Crippen LogP contribution is 2.36. The largest absolute Gasteiger partial charge is 0.307 e. The molecule has 2 unspecified atom stereocenters. The highest BCUT2D eigenvalue weighted by Gasteiger charge is 2.57. The molecule has 0 radical (unpaired) electrons. The average Bonchev–Trinajstić information content (AvgIpc) is 3.10. The smallest absolute Gasteiger partial charge is 0.174 e. The molecule has 0 aromatic heterocycles. The zero-order valence-electron chi connectivity index (χ0n) is 36.3. The third-order valence-corrected chi connectivity index (χ3v) is 10.9. The van der Waals surface area contributed by atoms with Gasteiger partial charge in [0.1, 0.15) is 0 Å². The van der Waals surface area contributed by atoms with Crippen molar-refractivity contribution in [1.29, 1.82) is 0 Å². The molecule has 0 spiro atoms. The molecule has 6 N–H and O–H groups in total. The summed E-state index contributed by atoms with van der Waals surface area (Å²) < 4.78 is 6.17. The van der Waals surface area contributed by atoms with Gasteiger partial charge in [-0.3, -0.25) is 10.6 Å². The summed E-state index contributed by atoms with van der Waals surface area (Å²) >= 11 is 1.74. The van der Waals surface area contributed by atoms with Gasteiger partial charge in [0, 0.05) is 37.3 Å². The predicted molar refractivity (Wildman–Crippen MR) is 230 cm³/mol. The molecule has 0 aliphatic carbocycles. The molecular formula is C42H94N8S. The molecule has 0 aliphatic heterocycles. The van der Waals surface area contributed by atoms with Crippen LogP contribution in [0, 0.1) is 0 Å². The van der Waals surface area contributed by atoms with Crippen LogP contribution < -0.4 is 31.5 Å². The van der Waals surface area contributed by atoms with Crippen molar-refractivity contribution in [1.82, 2.24) is 41.2 Å². The molecule has 0 fully saturated rings. The van der Waals surface area contributed by atoms with Gasteiger partial charge in [0.2, 0.25) is 0 Å². The molecule has 0 saturated carbocycles. The van der Waals surface area contributed by atoms with Crippen LogP contribution in [0.4, 0.5) is 0 Å². The molecule has 308 valence electrons. The fourth-order valence-electron chi connectivity index (χ4n) is 6.98. The van der Waals surface area contributed by atoms with Crippen molar-refractivity contribution >= 4 is 12.1 Å². The number of rotatable bonds is 39. The second kappa shape index (κ2) is 33.4. The topological polar surface area (TPSA) is 78.7 Å². The zero-order valence-corrected chi connectivity index (χ0v) is 37.1. The van der Waals surface area contributed by atoms with Crippen LogP contribution in [0.25, 0.3) is 0 Å². The van der Waals surface area contributed by atoms with Gasteiger partial charge in [-0.15, -0.1) is 5.12 Å². The Morgan fingerprint density at radius 3 is 1.45 bits per heavy atom. The van der Waals surface area contributed by atoms with Gasteiger partial charge in [0.15, 0.2) is 5.79 Å². The van der Waals surface area contributed by atoms with Crippen LogP contribution in [0.5, 0.6) is 0 Å². The van der Waals surface area contributed by atoms with E-state index in [0.29, 0.717) is 0 Å². The lowest BCUT2D eigenvalue weighted by molar-refractivity contribution is -0.197. The summed E-state index contributed by atoms with van der Waals surface area (Å²) in [7, 11) is 0. The second-order valence-electron chi connectivity index (χ2n) is 16.2. The van der Waals surface area contributed by atoms with Crippen LogP contribution in [0.1, 0.15) is 223 Å². The number of unbranched alkanes of at least 4 members (excludes halogenated alkanes) is 16. The zero-order chi connectivity index (χ0) is 38.1. The summed E-state index contributed by atoms with van der Waals surface area (Å²) in [5.41, 5.74) is 7.68. The highest BCUT2D eigenvalue weighted by molar-refractivity contribution is 7.94. The van der Waals surface area contributed by atoms with Crippen LogP contribution in [-0.4, -0.2) is 59.2 Å². The molecule has 0 aromatic carbocycles.